The molecule has 124 valence electrons. The summed E-state index contributed by atoms with van der Waals surface area (Å²) in [4.78, 5) is 16.9. The first-order valence-electron chi connectivity index (χ1n) is 8.61. The van der Waals surface area contributed by atoms with Crippen molar-refractivity contribution in [2.45, 2.75) is 38.0 Å². The van der Waals surface area contributed by atoms with E-state index in [0.29, 0.717) is 6.54 Å². The van der Waals surface area contributed by atoms with Crippen LogP contribution >= 0.6 is 0 Å². The smallest absolute Gasteiger partial charge is 0.228 e. The number of halogens is 1. The fourth-order valence-corrected chi connectivity index (χ4v) is 4.17. The summed E-state index contributed by atoms with van der Waals surface area (Å²) in [6.45, 7) is 3.88. The van der Waals surface area contributed by atoms with Gasteiger partial charge in [-0.25, -0.2) is 4.39 Å². The first-order valence-corrected chi connectivity index (χ1v) is 8.61. The Bertz CT molecular complexity index is 588. The lowest BCUT2D eigenvalue weighted by Crippen LogP contribution is -2.45. The van der Waals surface area contributed by atoms with Crippen LogP contribution in [0.25, 0.3) is 0 Å². The lowest BCUT2D eigenvalue weighted by atomic mass is 9.99. The van der Waals surface area contributed by atoms with Crippen molar-refractivity contribution in [3.63, 3.8) is 0 Å². The first kappa shape index (κ1) is 15.1. The fraction of sp³-hybridized carbons (Fsp3) is 0.611. The number of carbonyl (C=O) groups excluding carboxylic acids is 1. The summed E-state index contributed by atoms with van der Waals surface area (Å²) in [7, 11) is 0. The van der Waals surface area contributed by atoms with Crippen molar-refractivity contribution >= 4 is 5.91 Å². The predicted octanol–water partition coefficient (Wildman–Crippen LogP) is 2.04. The Labute approximate surface area is 136 Å². The number of benzene rings is 1. The molecule has 3 saturated heterocycles. The summed E-state index contributed by atoms with van der Waals surface area (Å²) in [6, 6.07) is 6.92. The van der Waals surface area contributed by atoms with E-state index in [0.717, 1.165) is 51.0 Å². The lowest BCUT2D eigenvalue weighted by molar-refractivity contribution is -0.137. The fourth-order valence-electron chi connectivity index (χ4n) is 4.17. The average molecular weight is 318 g/mol. The van der Waals surface area contributed by atoms with Crippen molar-refractivity contribution in [1.29, 1.82) is 0 Å². The molecule has 0 saturated carbocycles. The summed E-state index contributed by atoms with van der Waals surface area (Å²) in [6.07, 6.45) is 3.12. The van der Waals surface area contributed by atoms with Crippen molar-refractivity contribution in [3.05, 3.63) is 35.6 Å². The van der Waals surface area contributed by atoms with Crippen LogP contribution in [0.4, 0.5) is 4.39 Å². The Morgan fingerprint density at radius 3 is 2.78 bits per heavy atom. The quantitative estimate of drug-likeness (QED) is 0.855. The molecule has 0 unspecified atom stereocenters. The molecule has 4 rings (SSSR count). The van der Waals surface area contributed by atoms with Crippen LogP contribution in [0.1, 0.15) is 24.8 Å². The number of hydrogen-bond donors (Lipinski definition) is 0. The number of rotatable bonds is 3. The van der Waals surface area contributed by atoms with E-state index in [9.17, 15) is 9.18 Å². The van der Waals surface area contributed by atoms with Crippen LogP contribution in [-0.4, -0.2) is 54.1 Å². The van der Waals surface area contributed by atoms with Gasteiger partial charge in [-0.15, -0.1) is 0 Å². The maximum absolute atomic E-state index is 13.8. The number of nitrogens with zero attached hydrogens (tertiary/aromatic N) is 2. The molecule has 2 bridgehead atoms. The molecular weight excluding hydrogens is 295 g/mol. The van der Waals surface area contributed by atoms with Crippen molar-refractivity contribution in [2.75, 3.05) is 26.2 Å². The third-order valence-electron chi connectivity index (χ3n) is 5.32. The normalized spacial score (nSPS) is 30.8. The van der Waals surface area contributed by atoms with Crippen LogP contribution in [0, 0.1) is 11.7 Å². The SMILES string of the molecule is O=C([C@H]1C[C@@H]2CN(Cc3ccccc3F)C[C@H]1O2)N1CCCC1. The number of carbonyl (C=O) groups is 1. The van der Waals surface area contributed by atoms with Crippen LogP contribution in [0.3, 0.4) is 0 Å². The molecule has 3 aliphatic heterocycles. The molecule has 0 N–H and O–H groups in total. The van der Waals surface area contributed by atoms with E-state index in [1.807, 2.05) is 17.0 Å². The van der Waals surface area contributed by atoms with Gasteiger partial charge in [-0.1, -0.05) is 18.2 Å². The molecule has 5 heteroatoms. The Balaban J connectivity index is 1.42. The van der Waals surface area contributed by atoms with Gasteiger partial charge >= 0.3 is 0 Å². The number of fused-ring (bicyclic) bond motifs is 2. The molecule has 1 amide bonds. The second-order valence-corrected chi connectivity index (χ2v) is 6.96. The molecule has 0 aromatic heterocycles. The molecule has 1 aromatic rings. The Kier molecular flexibility index (Phi) is 4.07. The summed E-state index contributed by atoms with van der Waals surface area (Å²) >= 11 is 0. The highest BCUT2D eigenvalue weighted by Gasteiger charge is 2.46. The average Bonchev–Trinajstić information content (AvgIpc) is 3.17. The molecule has 0 aliphatic carbocycles. The van der Waals surface area contributed by atoms with Gasteiger partial charge in [-0.3, -0.25) is 9.69 Å². The standard InChI is InChI=1S/C18H23FN2O2/c19-16-6-2-1-5-13(16)10-20-11-14-9-15(17(12-20)23-14)18(22)21-7-3-4-8-21/h1-2,5-6,14-15,17H,3-4,7-12H2/t14-,15+,17-/m1/s1. The van der Waals surface area contributed by atoms with Crippen LogP contribution in [-0.2, 0) is 16.1 Å². The van der Waals surface area contributed by atoms with Gasteiger partial charge in [0.2, 0.25) is 5.91 Å². The second kappa shape index (κ2) is 6.21. The Morgan fingerprint density at radius 2 is 2.00 bits per heavy atom. The Morgan fingerprint density at radius 1 is 1.22 bits per heavy atom. The van der Waals surface area contributed by atoms with Gasteiger partial charge in [0, 0.05) is 38.3 Å². The molecule has 0 spiro atoms. The highest BCUT2D eigenvalue weighted by atomic mass is 19.1. The zero-order valence-electron chi connectivity index (χ0n) is 13.3. The van der Waals surface area contributed by atoms with Gasteiger partial charge in [0.15, 0.2) is 0 Å². The van der Waals surface area contributed by atoms with E-state index in [1.54, 1.807) is 6.07 Å². The molecule has 3 aliphatic rings. The van der Waals surface area contributed by atoms with Crippen molar-refractivity contribution in [2.24, 2.45) is 5.92 Å². The third-order valence-corrected chi connectivity index (χ3v) is 5.32. The van der Waals surface area contributed by atoms with E-state index >= 15 is 0 Å². The molecular formula is C18H23FN2O2. The molecule has 1 aromatic carbocycles. The van der Waals surface area contributed by atoms with Crippen molar-refractivity contribution < 1.29 is 13.9 Å². The lowest BCUT2D eigenvalue weighted by Gasteiger charge is -2.33. The van der Waals surface area contributed by atoms with Crippen LogP contribution in [0.2, 0.25) is 0 Å². The maximum Gasteiger partial charge on any atom is 0.228 e. The number of amides is 1. The molecule has 3 heterocycles. The van der Waals surface area contributed by atoms with Gasteiger partial charge in [0.1, 0.15) is 5.82 Å². The number of morpholine rings is 1. The van der Waals surface area contributed by atoms with Crippen molar-refractivity contribution in [1.82, 2.24) is 9.80 Å². The summed E-state index contributed by atoms with van der Waals surface area (Å²) in [5, 5.41) is 0. The van der Waals surface area contributed by atoms with E-state index < -0.39 is 0 Å². The number of likely N-dealkylation sites (tertiary alicyclic amines) is 2. The molecule has 3 atom stereocenters. The molecule has 0 radical (unpaired) electrons. The molecule has 4 nitrogen and oxygen atoms in total. The highest BCUT2D eigenvalue weighted by molar-refractivity contribution is 5.80. The van der Waals surface area contributed by atoms with Crippen LogP contribution < -0.4 is 0 Å². The monoisotopic (exact) mass is 318 g/mol. The number of hydrogen-bond acceptors (Lipinski definition) is 3. The predicted molar refractivity (Wildman–Crippen MR) is 84.3 cm³/mol. The molecule has 23 heavy (non-hydrogen) atoms. The largest absolute Gasteiger partial charge is 0.371 e. The van der Waals surface area contributed by atoms with E-state index in [-0.39, 0.29) is 29.9 Å². The summed E-state index contributed by atoms with van der Waals surface area (Å²) < 4.78 is 19.9. The minimum atomic E-state index is -0.156. The zero-order valence-corrected chi connectivity index (χ0v) is 13.3. The molecule has 3 fully saturated rings. The van der Waals surface area contributed by atoms with Gasteiger partial charge in [-0.2, -0.15) is 0 Å². The third kappa shape index (κ3) is 3.00. The van der Waals surface area contributed by atoms with Crippen LogP contribution in [0.15, 0.2) is 24.3 Å². The highest BCUT2D eigenvalue weighted by Crippen LogP contribution is 2.34. The van der Waals surface area contributed by atoms with Gasteiger partial charge < -0.3 is 9.64 Å². The number of ether oxygens (including phenoxy) is 1. The van der Waals surface area contributed by atoms with E-state index in [1.165, 1.54) is 6.07 Å². The first-order chi connectivity index (χ1) is 11.2. The van der Waals surface area contributed by atoms with Gasteiger partial charge in [0.05, 0.1) is 18.1 Å². The van der Waals surface area contributed by atoms with E-state index in [2.05, 4.69) is 4.90 Å². The maximum atomic E-state index is 13.8. The second-order valence-electron chi connectivity index (χ2n) is 6.96. The topological polar surface area (TPSA) is 32.8 Å². The Hall–Kier alpha value is -1.46. The van der Waals surface area contributed by atoms with Gasteiger partial charge in [-0.05, 0) is 25.3 Å². The van der Waals surface area contributed by atoms with Gasteiger partial charge in [0.25, 0.3) is 0 Å². The summed E-state index contributed by atoms with van der Waals surface area (Å²) in [5.41, 5.74) is 0.719. The van der Waals surface area contributed by atoms with Crippen molar-refractivity contribution in [3.8, 4) is 0 Å². The summed E-state index contributed by atoms with van der Waals surface area (Å²) in [5.74, 6) is 0.0995. The van der Waals surface area contributed by atoms with E-state index in [4.69, 9.17) is 4.74 Å². The minimum Gasteiger partial charge on any atom is -0.371 e. The minimum absolute atomic E-state index is 0.0104. The zero-order chi connectivity index (χ0) is 15.8. The van der Waals surface area contributed by atoms with Crippen LogP contribution in [0.5, 0.6) is 0 Å².